The summed E-state index contributed by atoms with van der Waals surface area (Å²) >= 11 is 0. The SMILES string of the molecule is NCCN(CCN)C(=O)C[C@H](N)C(=O)N[C@H](C(=O)Cc1cnc2ccccc2c1)[C@H](O)Cc1ccccc1. The maximum atomic E-state index is 13.4. The third kappa shape index (κ3) is 8.15. The van der Waals surface area contributed by atoms with Crippen LogP contribution in [0.3, 0.4) is 0 Å². The van der Waals surface area contributed by atoms with E-state index in [2.05, 4.69) is 10.3 Å². The molecule has 0 bridgehead atoms. The molecule has 2 amide bonds. The number of aromatic nitrogens is 1. The quantitative estimate of drug-likeness (QED) is 0.196. The van der Waals surface area contributed by atoms with Crippen molar-refractivity contribution in [2.45, 2.75) is 37.5 Å². The topological polar surface area (TPSA) is 178 Å². The molecule has 3 aromatic rings. The standard InChI is InChI=1S/C28H36N6O4/c29-10-12-34(13-11-30)26(37)17-22(31)28(38)33-27(24(35)15-19-6-2-1-3-7-19)25(36)16-20-14-21-8-4-5-9-23(21)32-18-20/h1-9,14,18,22,24,27,35H,10-13,15-17,29-31H2,(H,33,38)/t22-,24+,27-/m0/s1. The lowest BCUT2D eigenvalue weighted by atomic mass is 9.95. The smallest absolute Gasteiger partial charge is 0.238 e. The van der Waals surface area contributed by atoms with Gasteiger partial charge in [-0.15, -0.1) is 0 Å². The Morgan fingerprint density at radius 3 is 2.29 bits per heavy atom. The van der Waals surface area contributed by atoms with Gasteiger partial charge in [0.1, 0.15) is 6.04 Å². The predicted molar refractivity (Wildman–Crippen MR) is 146 cm³/mol. The van der Waals surface area contributed by atoms with Gasteiger partial charge in [-0.25, -0.2) is 0 Å². The number of ketones is 1. The number of rotatable bonds is 14. The lowest BCUT2D eigenvalue weighted by Gasteiger charge is -2.26. The molecule has 38 heavy (non-hydrogen) atoms. The van der Waals surface area contributed by atoms with Crippen molar-refractivity contribution in [3.05, 3.63) is 78.0 Å². The molecule has 10 heteroatoms. The van der Waals surface area contributed by atoms with E-state index in [1.54, 1.807) is 6.20 Å². The molecule has 1 heterocycles. The fourth-order valence-electron chi connectivity index (χ4n) is 4.23. The van der Waals surface area contributed by atoms with E-state index in [1.165, 1.54) is 4.90 Å². The molecule has 0 saturated heterocycles. The number of carbonyl (C=O) groups is 3. The van der Waals surface area contributed by atoms with Crippen molar-refractivity contribution in [2.75, 3.05) is 26.2 Å². The Bertz CT molecular complexity index is 1220. The minimum atomic E-state index is -1.24. The number of Topliss-reactive ketones (excluding diaryl/α,β-unsaturated/α-hetero) is 1. The first-order chi connectivity index (χ1) is 18.3. The van der Waals surface area contributed by atoms with Gasteiger partial charge in [0.05, 0.1) is 24.1 Å². The van der Waals surface area contributed by atoms with Crippen LogP contribution < -0.4 is 22.5 Å². The molecule has 0 fully saturated rings. The molecule has 0 aliphatic carbocycles. The molecule has 2 aromatic carbocycles. The van der Waals surface area contributed by atoms with Crippen LogP contribution >= 0.6 is 0 Å². The first-order valence-electron chi connectivity index (χ1n) is 12.6. The van der Waals surface area contributed by atoms with Crippen molar-refractivity contribution in [1.82, 2.24) is 15.2 Å². The molecular formula is C28H36N6O4. The van der Waals surface area contributed by atoms with Crippen molar-refractivity contribution in [3.63, 3.8) is 0 Å². The minimum absolute atomic E-state index is 0.0520. The summed E-state index contributed by atoms with van der Waals surface area (Å²) < 4.78 is 0. The van der Waals surface area contributed by atoms with Crippen LogP contribution in [0.5, 0.6) is 0 Å². The van der Waals surface area contributed by atoms with E-state index in [0.717, 1.165) is 16.5 Å². The summed E-state index contributed by atoms with van der Waals surface area (Å²) in [5.41, 5.74) is 19.4. The fraction of sp³-hybridized carbons (Fsp3) is 0.357. The van der Waals surface area contributed by atoms with Gasteiger partial charge in [0.15, 0.2) is 5.78 Å². The lowest BCUT2D eigenvalue weighted by molar-refractivity contribution is -0.135. The highest BCUT2D eigenvalue weighted by Crippen LogP contribution is 2.15. The number of nitrogens with two attached hydrogens (primary N) is 3. The van der Waals surface area contributed by atoms with Gasteiger partial charge in [-0.1, -0.05) is 48.5 Å². The number of amides is 2. The number of nitrogens with zero attached hydrogens (tertiary/aromatic N) is 2. The second-order valence-corrected chi connectivity index (χ2v) is 9.19. The zero-order chi connectivity index (χ0) is 27.5. The third-order valence-corrected chi connectivity index (χ3v) is 6.22. The number of carbonyl (C=O) groups excluding carboxylic acids is 3. The van der Waals surface area contributed by atoms with Gasteiger partial charge < -0.3 is 32.5 Å². The van der Waals surface area contributed by atoms with E-state index in [4.69, 9.17) is 17.2 Å². The number of nitrogens with one attached hydrogen (secondary N) is 1. The summed E-state index contributed by atoms with van der Waals surface area (Å²) in [5, 5.41) is 14.5. The maximum absolute atomic E-state index is 13.4. The lowest BCUT2D eigenvalue weighted by Crippen LogP contribution is -2.55. The number of benzene rings is 2. The summed E-state index contributed by atoms with van der Waals surface area (Å²) in [5.74, 6) is -1.47. The number of aliphatic hydroxyl groups excluding tert-OH is 1. The van der Waals surface area contributed by atoms with Crippen LogP contribution in [-0.2, 0) is 27.2 Å². The Morgan fingerprint density at radius 2 is 1.61 bits per heavy atom. The van der Waals surface area contributed by atoms with Crippen LogP contribution in [-0.4, -0.2) is 77.0 Å². The maximum Gasteiger partial charge on any atom is 0.238 e. The van der Waals surface area contributed by atoms with Crippen LogP contribution in [0.1, 0.15) is 17.5 Å². The molecular weight excluding hydrogens is 484 g/mol. The first kappa shape index (κ1) is 28.9. The average Bonchev–Trinajstić information content (AvgIpc) is 2.91. The Morgan fingerprint density at radius 1 is 0.947 bits per heavy atom. The summed E-state index contributed by atoms with van der Waals surface area (Å²) in [6.07, 6.45) is 0.203. The summed E-state index contributed by atoms with van der Waals surface area (Å²) in [6, 6.07) is 16.1. The zero-order valence-corrected chi connectivity index (χ0v) is 21.3. The zero-order valence-electron chi connectivity index (χ0n) is 21.3. The Hall–Kier alpha value is -3.70. The van der Waals surface area contributed by atoms with E-state index < -0.39 is 29.9 Å². The number of pyridine rings is 1. The Labute approximate surface area is 222 Å². The molecule has 0 aliphatic rings. The predicted octanol–water partition coefficient (Wildman–Crippen LogP) is -0.102. The van der Waals surface area contributed by atoms with Gasteiger partial charge in [0.2, 0.25) is 11.8 Å². The van der Waals surface area contributed by atoms with Crippen LogP contribution in [0.4, 0.5) is 0 Å². The number of para-hydroxylation sites is 1. The van der Waals surface area contributed by atoms with Gasteiger partial charge in [-0.2, -0.15) is 0 Å². The number of hydrogen-bond donors (Lipinski definition) is 5. The van der Waals surface area contributed by atoms with E-state index in [0.29, 0.717) is 18.7 Å². The molecule has 10 nitrogen and oxygen atoms in total. The van der Waals surface area contributed by atoms with E-state index in [1.807, 2.05) is 60.7 Å². The number of fused-ring (bicyclic) bond motifs is 1. The Balaban J connectivity index is 1.75. The summed E-state index contributed by atoms with van der Waals surface area (Å²) in [7, 11) is 0. The minimum Gasteiger partial charge on any atom is -0.390 e. The largest absolute Gasteiger partial charge is 0.390 e. The van der Waals surface area contributed by atoms with Gasteiger partial charge in [-0.05, 0) is 23.3 Å². The van der Waals surface area contributed by atoms with Crippen molar-refractivity contribution in [3.8, 4) is 0 Å². The highest BCUT2D eigenvalue weighted by molar-refractivity contribution is 5.94. The molecule has 0 unspecified atom stereocenters. The second-order valence-electron chi connectivity index (χ2n) is 9.19. The number of hydrogen-bond acceptors (Lipinski definition) is 8. The normalized spacial score (nSPS) is 13.5. The summed E-state index contributed by atoms with van der Waals surface area (Å²) in [4.78, 5) is 44.8. The van der Waals surface area contributed by atoms with E-state index in [-0.39, 0.29) is 38.3 Å². The van der Waals surface area contributed by atoms with Crippen molar-refractivity contribution in [2.24, 2.45) is 17.2 Å². The van der Waals surface area contributed by atoms with Crippen molar-refractivity contribution in [1.29, 1.82) is 0 Å². The van der Waals surface area contributed by atoms with E-state index >= 15 is 0 Å². The van der Waals surface area contributed by atoms with Gasteiger partial charge in [0, 0.05) is 50.6 Å². The second kappa shape index (κ2) is 14.3. The molecule has 3 atom stereocenters. The fourth-order valence-corrected chi connectivity index (χ4v) is 4.23. The highest BCUT2D eigenvalue weighted by Gasteiger charge is 2.31. The molecule has 0 radical (unpaired) electrons. The molecule has 202 valence electrons. The summed E-state index contributed by atoms with van der Waals surface area (Å²) in [6.45, 7) is 1.08. The monoisotopic (exact) mass is 520 g/mol. The van der Waals surface area contributed by atoms with Crippen molar-refractivity contribution < 1.29 is 19.5 Å². The molecule has 1 aromatic heterocycles. The van der Waals surface area contributed by atoms with Gasteiger partial charge >= 0.3 is 0 Å². The molecule has 0 saturated carbocycles. The molecule has 8 N–H and O–H groups in total. The van der Waals surface area contributed by atoms with Gasteiger partial charge in [-0.3, -0.25) is 19.4 Å². The van der Waals surface area contributed by atoms with Crippen molar-refractivity contribution >= 4 is 28.5 Å². The Kier molecular flexibility index (Phi) is 10.9. The number of aliphatic hydroxyl groups is 1. The molecule has 0 aliphatic heterocycles. The van der Waals surface area contributed by atoms with Gasteiger partial charge in [0.25, 0.3) is 0 Å². The van der Waals surface area contributed by atoms with Crippen LogP contribution in [0.15, 0.2) is 66.9 Å². The molecule has 3 rings (SSSR count). The van der Waals surface area contributed by atoms with E-state index in [9.17, 15) is 19.5 Å². The third-order valence-electron chi connectivity index (χ3n) is 6.22. The van der Waals surface area contributed by atoms with Crippen LogP contribution in [0, 0.1) is 0 Å². The van der Waals surface area contributed by atoms with Crippen LogP contribution in [0.2, 0.25) is 0 Å². The highest BCUT2D eigenvalue weighted by atomic mass is 16.3. The van der Waals surface area contributed by atoms with Crippen LogP contribution in [0.25, 0.3) is 10.9 Å². The average molecular weight is 521 g/mol. The first-order valence-corrected chi connectivity index (χ1v) is 12.6. The molecule has 0 spiro atoms.